The van der Waals surface area contributed by atoms with E-state index >= 15 is 0 Å². The number of aliphatic hydroxyl groups is 27. The fraction of sp³-hybridized carbons (Fsp3) is 0.966. The van der Waals surface area contributed by atoms with E-state index in [0.717, 1.165) is 13.8 Å². The van der Waals surface area contributed by atoms with E-state index in [4.69, 9.17) is 80.5 Å². The molecule has 9 saturated heterocycles. The monoisotopic (exact) mass is 1560 g/mol. The number of hydrogen-bond donors (Lipinski definition) is 29. The maximum Gasteiger partial charge on any atom is 0.217 e. The fourth-order valence-electron chi connectivity index (χ4n) is 13.5. The molecule has 9 aliphatic heterocycles. The van der Waals surface area contributed by atoms with Gasteiger partial charge in [0, 0.05) is 13.8 Å². The van der Waals surface area contributed by atoms with Gasteiger partial charge >= 0.3 is 0 Å². The van der Waals surface area contributed by atoms with Crippen LogP contribution in [0.2, 0.25) is 0 Å². The summed E-state index contributed by atoms with van der Waals surface area (Å²) in [4.78, 5) is 24.9. The molecule has 9 aliphatic rings. The van der Waals surface area contributed by atoms with Gasteiger partial charge in [-0.05, 0) is 0 Å². The van der Waals surface area contributed by atoms with Gasteiger partial charge in [-0.25, -0.2) is 0 Å². The topological polar surface area (TPSA) is 761 Å². The summed E-state index contributed by atoms with van der Waals surface area (Å²) in [6.45, 7) is -7.77. The number of amides is 2. The lowest BCUT2D eigenvalue weighted by atomic mass is 9.94. The van der Waals surface area contributed by atoms with Crippen LogP contribution >= 0.6 is 0 Å². The lowest BCUT2D eigenvalue weighted by Crippen LogP contribution is -2.70. The third kappa shape index (κ3) is 18.7. The smallest absolute Gasteiger partial charge is 0.217 e. The van der Waals surface area contributed by atoms with Gasteiger partial charge in [0.15, 0.2) is 56.6 Å². The number of carbonyl (C=O) groups is 2. The Hall–Kier alpha value is -2.82. The molecular weight excluding hydrogens is 1460 g/mol. The van der Waals surface area contributed by atoms with Crippen LogP contribution in [0.4, 0.5) is 0 Å². The highest BCUT2D eigenvalue weighted by atomic mass is 16.8. The summed E-state index contributed by atoms with van der Waals surface area (Å²) in [7, 11) is 0. The Labute approximate surface area is 598 Å². The van der Waals surface area contributed by atoms with Crippen molar-refractivity contribution in [3.63, 3.8) is 0 Å². The third-order valence-electron chi connectivity index (χ3n) is 19.5. The second-order valence-corrected chi connectivity index (χ2v) is 26.7. The summed E-state index contributed by atoms with van der Waals surface area (Å²) in [6.07, 6.45) is -90.3. The second kappa shape index (κ2) is 37.9. The largest absolute Gasteiger partial charge is 0.394 e. The van der Waals surface area contributed by atoms with Gasteiger partial charge in [-0.2, -0.15) is 0 Å². The van der Waals surface area contributed by atoms with Crippen LogP contribution in [0.3, 0.4) is 0 Å². The molecule has 9 heterocycles. The Bertz CT molecular complexity index is 2710. The average molecular weight is 1560 g/mol. The van der Waals surface area contributed by atoms with Crippen molar-refractivity contribution in [2.45, 2.75) is 290 Å². The summed E-state index contributed by atoms with van der Waals surface area (Å²) < 4.78 is 98.8. The number of ether oxygens (including phenoxy) is 17. The summed E-state index contributed by atoms with van der Waals surface area (Å²) in [5.74, 6) is -1.69. The van der Waals surface area contributed by atoms with Gasteiger partial charge in [0.2, 0.25) is 11.8 Å². The summed E-state index contributed by atoms with van der Waals surface area (Å²) >= 11 is 0. The highest BCUT2D eigenvalue weighted by Gasteiger charge is 2.60. The number of hydrogen-bond acceptors (Lipinski definition) is 46. The zero-order valence-electron chi connectivity index (χ0n) is 56.2. The van der Waals surface area contributed by atoms with Crippen LogP contribution in [0.25, 0.3) is 0 Å². The molecule has 48 heteroatoms. The highest BCUT2D eigenvalue weighted by molar-refractivity contribution is 5.73. The number of rotatable bonds is 27. The van der Waals surface area contributed by atoms with Gasteiger partial charge < -0.3 is 229 Å². The molecule has 1 unspecified atom stereocenters. The van der Waals surface area contributed by atoms with Crippen molar-refractivity contribution in [1.82, 2.24) is 10.6 Å². The molecule has 9 rings (SSSR count). The zero-order chi connectivity index (χ0) is 77.9. The molecule has 2 amide bonds. The Morgan fingerprint density at radius 1 is 0.245 bits per heavy atom. The molecule has 45 atom stereocenters. The Morgan fingerprint density at radius 3 is 0.934 bits per heavy atom. The van der Waals surface area contributed by atoms with Crippen LogP contribution in [0.1, 0.15) is 13.8 Å². The fourth-order valence-corrected chi connectivity index (χ4v) is 13.5. The van der Waals surface area contributed by atoms with Crippen LogP contribution in [0.15, 0.2) is 0 Å². The summed E-state index contributed by atoms with van der Waals surface area (Å²) in [5, 5.41) is 301. The quantitative estimate of drug-likeness (QED) is 0.0363. The molecular formula is C58H98N2O46. The van der Waals surface area contributed by atoms with Gasteiger partial charge in [-0.3, -0.25) is 9.59 Å². The van der Waals surface area contributed by atoms with E-state index in [9.17, 15) is 147 Å². The van der Waals surface area contributed by atoms with E-state index in [1.165, 1.54) is 0 Å². The first kappa shape index (κ1) is 87.2. The number of nitrogens with one attached hydrogen (secondary N) is 2. The second-order valence-electron chi connectivity index (χ2n) is 26.7. The lowest BCUT2D eigenvalue weighted by Gasteiger charge is -2.50. The number of aliphatic hydroxyl groups excluding tert-OH is 27. The predicted octanol–water partition coefficient (Wildman–Crippen LogP) is -20.3. The standard InChI is InChI=1S/C58H98N2O46/c1-12(68)59-23-32(77)44(19(8-66)92-50(23)89)101-51-24(60-13(2)69)33(78)45(20(9-67)98-51)102-56-43(88)47(103-53-39(84)34(79)25(70)14(3-61)93-53)31(76)22(100-56)10-90-52-42(87)46(104-58-49(38(83)29(74)18(7-65)97-58)106-55-41(86)36(81)27(72)16(5-63)95-55)30(75)21(99-52)11-91-57-48(37(82)28(73)17(6-64)96-57)105-54-40(85)35(80)26(71)15(4-62)94-54/h14-58,61-67,70-89H,3-11H2,1-2H3,(H,59,68)(H,60,69)/t14-,15-,16-,17-,18-,19-,20-,21-,22-,23-,24-,25-,26-,27-,28-,29-,30-,31-,32-,33-,34+,35+,36+,37+,38+,39+,40+,41+,42+,43+,44-,45-,46+,47+,48+,49+,50?,51+,52+,53-,54-,55-,56+,57+,58-/m1/s1. The molecule has 29 N–H and O–H groups in total. The molecule has 0 aromatic rings. The first-order valence-electron chi connectivity index (χ1n) is 33.7. The molecule has 616 valence electrons. The van der Waals surface area contributed by atoms with Crippen molar-refractivity contribution in [3.8, 4) is 0 Å². The minimum absolute atomic E-state index is 0.774. The molecule has 0 spiro atoms. The van der Waals surface area contributed by atoms with Crippen molar-refractivity contribution in [2.24, 2.45) is 0 Å². The molecule has 48 nitrogen and oxygen atoms in total. The molecule has 0 saturated carbocycles. The predicted molar refractivity (Wildman–Crippen MR) is 320 cm³/mol. The van der Waals surface area contributed by atoms with Crippen LogP contribution in [-0.4, -0.2) is 485 Å². The van der Waals surface area contributed by atoms with E-state index in [2.05, 4.69) is 10.6 Å². The van der Waals surface area contributed by atoms with Crippen molar-refractivity contribution in [1.29, 1.82) is 0 Å². The van der Waals surface area contributed by atoms with Crippen molar-refractivity contribution in [2.75, 3.05) is 59.5 Å². The minimum atomic E-state index is -2.50. The van der Waals surface area contributed by atoms with E-state index < -0.39 is 348 Å². The van der Waals surface area contributed by atoms with Crippen LogP contribution in [-0.2, 0) is 90.1 Å². The first-order chi connectivity index (χ1) is 50.2. The van der Waals surface area contributed by atoms with E-state index in [1.807, 2.05) is 0 Å². The lowest BCUT2D eigenvalue weighted by molar-refractivity contribution is -0.397. The van der Waals surface area contributed by atoms with E-state index in [-0.39, 0.29) is 0 Å². The summed E-state index contributed by atoms with van der Waals surface area (Å²) in [6, 6.07) is -3.51. The van der Waals surface area contributed by atoms with Crippen molar-refractivity contribution < 1.29 is 228 Å². The van der Waals surface area contributed by atoms with Crippen molar-refractivity contribution in [3.05, 3.63) is 0 Å². The van der Waals surface area contributed by atoms with Gasteiger partial charge in [-0.1, -0.05) is 0 Å². The highest BCUT2D eigenvalue weighted by Crippen LogP contribution is 2.39. The Morgan fingerprint density at radius 2 is 0.519 bits per heavy atom. The molecule has 0 aromatic heterocycles. The molecule has 0 radical (unpaired) electrons. The zero-order valence-corrected chi connectivity index (χ0v) is 56.2. The van der Waals surface area contributed by atoms with E-state index in [0.29, 0.717) is 0 Å². The van der Waals surface area contributed by atoms with Gasteiger partial charge in [0.1, 0.15) is 220 Å². The molecule has 106 heavy (non-hydrogen) atoms. The van der Waals surface area contributed by atoms with Gasteiger partial charge in [0.05, 0.1) is 59.5 Å². The van der Waals surface area contributed by atoms with Crippen molar-refractivity contribution >= 4 is 11.8 Å². The van der Waals surface area contributed by atoms with Gasteiger partial charge in [-0.15, -0.1) is 0 Å². The van der Waals surface area contributed by atoms with Gasteiger partial charge in [0.25, 0.3) is 0 Å². The maximum absolute atomic E-state index is 12.9. The SMILES string of the molecule is CC(=O)N[C@H]1[C@H](O[C@H]2[C@H](O)[C@@H](NC(C)=O)C(O)O[C@@H]2CO)O[C@H](CO)[C@@H](O[C@@H]2O[C@H](CO[C@H]3O[C@H](CO[C@H]4O[C@H](CO)[C@@H](O)[C@H](O)[C@@H]4O[C@H]4O[C@H](CO)[C@@H](O)[C@H](O)[C@@H]4O)[C@@H](O)[C@H](O[C@H]4O[C@H](CO)[C@@H](O)[C@H](O)[C@@H]4O[C@H]4O[C@H](CO)[C@@H](O)[C@H](O)[C@@H]4O)[C@@H]3O)[C@@H](O)[C@H](O[C@H]3O[C@H](CO)[C@@H](O)[C@H](O)[C@@H]3O)[C@@H]2O)[C@@H]1O. The Balaban J connectivity index is 1.04. The number of carbonyl (C=O) groups excluding carboxylic acids is 2. The van der Waals surface area contributed by atoms with Crippen LogP contribution in [0.5, 0.6) is 0 Å². The normalized spacial score (nSPS) is 51.2. The average Bonchev–Trinajstić information content (AvgIpc) is 0.773. The minimum Gasteiger partial charge on any atom is -0.394 e. The van der Waals surface area contributed by atoms with E-state index in [1.54, 1.807) is 0 Å². The first-order valence-corrected chi connectivity index (χ1v) is 33.7. The molecule has 0 aromatic carbocycles. The molecule has 0 bridgehead atoms. The third-order valence-corrected chi connectivity index (χ3v) is 19.5. The Kier molecular flexibility index (Phi) is 31.1. The molecule has 0 aliphatic carbocycles. The maximum atomic E-state index is 12.9. The van der Waals surface area contributed by atoms with Crippen LogP contribution in [0, 0.1) is 0 Å². The van der Waals surface area contributed by atoms with Crippen LogP contribution < -0.4 is 10.6 Å². The molecule has 9 fully saturated rings. The summed E-state index contributed by atoms with van der Waals surface area (Å²) in [5.41, 5.74) is 0.